The lowest BCUT2D eigenvalue weighted by Crippen LogP contribution is -2.42. The summed E-state index contributed by atoms with van der Waals surface area (Å²) in [6.45, 7) is 4.88. The summed E-state index contributed by atoms with van der Waals surface area (Å²) in [5.41, 5.74) is 3.09. The van der Waals surface area contributed by atoms with E-state index in [0.29, 0.717) is 37.3 Å². The molecule has 1 aliphatic carbocycles. The number of hydrogen-bond acceptors (Lipinski definition) is 6. The molecule has 176 valence electrons. The number of nitrogens with zero attached hydrogens (tertiary/aromatic N) is 4. The first-order chi connectivity index (χ1) is 16.3. The summed E-state index contributed by atoms with van der Waals surface area (Å²) in [6.07, 6.45) is 4.31. The van der Waals surface area contributed by atoms with Crippen molar-refractivity contribution in [2.45, 2.75) is 51.9 Å². The Hall–Kier alpha value is -3.47. The average molecular weight is 463 g/mol. The van der Waals surface area contributed by atoms with Crippen LogP contribution in [0, 0.1) is 42.8 Å². The Bertz CT molecular complexity index is 1120. The number of Topliss-reactive ketones (excluding diaryl/α,β-unsaturated/α-hetero) is 2. The molecule has 0 unspecified atom stereocenters. The van der Waals surface area contributed by atoms with Crippen molar-refractivity contribution in [2.24, 2.45) is 11.8 Å². The summed E-state index contributed by atoms with van der Waals surface area (Å²) >= 11 is 0. The molecule has 0 N–H and O–H groups in total. The highest BCUT2D eigenvalue weighted by molar-refractivity contribution is 6.10. The standard InChI is InChI=1S/C26H27FN4O3/c1-15-9-19(26-29-13-20(27)14-30-26)10-16(2)24(15)25-21(32)11-18(12-22(25)33)17-4-7-31(8-5-17)23(34)3-6-28/h9-10,13-14,17-18,25H,3-5,7-8,11-12H2,1-2H3. The zero-order chi connectivity index (χ0) is 24.4. The smallest absolute Gasteiger partial charge is 0.236 e. The Morgan fingerprint density at radius 3 is 2.15 bits per heavy atom. The zero-order valence-corrected chi connectivity index (χ0v) is 19.4. The van der Waals surface area contributed by atoms with Crippen LogP contribution in [0.5, 0.6) is 0 Å². The fourth-order valence-corrected chi connectivity index (χ4v) is 5.48. The maximum Gasteiger partial charge on any atom is 0.236 e. The number of benzene rings is 1. The van der Waals surface area contributed by atoms with Gasteiger partial charge >= 0.3 is 0 Å². The van der Waals surface area contributed by atoms with E-state index < -0.39 is 11.7 Å². The molecule has 1 aromatic carbocycles. The molecular weight excluding hydrogens is 435 g/mol. The number of aromatic nitrogens is 2. The van der Waals surface area contributed by atoms with Crippen LogP contribution in [0.3, 0.4) is 0 Å². The van der Waals surface area contributed by atoms with Crippen LogP contribution in [-0.4, -0.2) is 45.4 Å². The molecule has 8 heteroatoms. The third-order valence-electron chi connectivity index (χ3n) is 7.12. The van der Waals surface area contributed by atoms with Gasteiger partial charge in [-0.15, -0.1) is 0 Å². The molecule has 1 aromatic heterocycles. The van der Waals surface area contributed by atoms with E-state index in [1.807, 2.05) is 32.0 Å². The van der Waals surface area contributed by atoms with Crippen LogP contribution < -0.4 is 0 Å². The summed E-state index contributed by atoms with van der Waals surface area (Å²) < 4.78 is 13.2. The highest BCUT2D eigenvalue weighted by Gasteiger charge is 2.41. The SMILES string of the molecule is Cc1cc(-c2ncc(F)cn2)cc(C)c1C1C(=O)CC(C2CCN(C(=O)CC#N)CC2)CC1=O. The van der Waals surface area contributed by atoms with Gasteiger partial charge in [-0.2, -0.15) is 5.26 Å². The van der Waals surface area contributed by atoms with E-state index in [1.54, 1.807) is 4.90 Å². The molecule has 1 saturated carbocycles. The van der Waals surface area contributed by atoms with Crippen LogP contribution in [0.15, 0.2) is 24.5 Å². The van der Waals surface area contributed by atoms with Gasteiger partial charge < -0.3 is 4.90 Å². The van der Waals surface area contributed by atoms with Gasteiger partial charge in [0.2, 0.25) is 5.91 Å². The van der Waals surface area contributed by atoms with Crippen LogP contribution in [0.25, 0.3) is 11.4 Å². The molecule has 0 radical (unpaired) electrons. The molecule has 0 atom stereocenters. The third kappa shape index (κ3) is 4.74. The van der Waals surface area contributed by atoms with Crippen LogP contribution in [-0.2, 0) is 14.4 Å². The fraction of sp³-hybridized carbons (Fsp3) is 0.462. The van der Waals surface area contributed by atoms with Crippen LogP contribution in [0.4, 0.5) is 4.39 Å². The topological polar surface area (TPSA) is 104 Å². The highest BCUT2D eigenvalue weighted by atomic mass is 19.1. The lowest BCUT2D eigenvalue weighted by Gasteiger charge is -2.38. The molecule has 34 heavy (non-hydrogen) atoms. The number of hydrogen-bond donors (Lipinski definition) is 0. The van der Waals surface area contributed by atoms with Crippen molar-refractivity contribution in [3.63, 3.8) is 0 Å². The summed E-state index contributed by atoms with van der Waals surface area (Å²) in [7, 11) is 0. The van der Waals surface area contributed by atoms with E-state index in [1.165, 1.54) is 0 Å². The van der Waals surface area contributed by atoms with Crippen molar-refractivity contribution in [1.29, 1.82) is 5.26 Å². The summed E-state index contributed by atoms with van der Waals surface area (Å²) in [5, 5.41) is 8.73. The van der Waals surface area contributed by atoms with E-state index in [2.05, 4.69) is 9.97 Å². The van der Waals surface area contributed by atoms with Gasteiger partial charge in [0.25, 0.3) is 0 Å². The minimum absolute atomic E-state index is 0.00281. The number of carbonyl (C=O) groups is 3. The van der Waals surface area contributed by atoms with Crippen LogP contribution in [0.1, 0.15) is 54.7 Å². The van der Waals surface area contributed by atoms with E-state index in [-0.39, 0.29) is 35.7 Å². The number of ketones is 2. The number of piperidine rings is 1. The molecule has 2 aromatic rings. The van der Waals surface area contributed by atoms with Crippen LogP contribution >= 0.6 is 0 Å². The van der Waals surface area contributed by atoms with Gasteiger partial charge in [0.1, 0.15) is 23.9 Å². The Labute approximate surface area is 198 Å². The molecule has 1 amide bonds. The number of carbonyl (C=O) groups excluding carboxylic acids is 3. The summed E-state index contributed by atoms with van der Waals surface area (Å²) in [4.78, 5) is 48.2. The molecule has 1 aliphatic heterocycles. The van der Waals surface area contributed by atoms with Gasteiger partial charge in [0.15, 0.2) is 11.6 Å². The van der Waals surface area contributed by atoms with Crippen molar-refractivity contribution >= 4 is 17.5 Å². The van der Waals surface area contributed by atoms with Crippen molar-refractivity contribution in [3.8, 4) is 17.5 Å². The van der Waals surface area contributed by atoms with Crippen molar-refractivity contribution in [2.75, 3.05) is 13.1 Å². The Morgan fingerprint density at radius 2 is 1.62 bits per heavy atom. The second-order valence-corrected chi connectivity index (χ2v) is 9.34. The average Bonchev–Trinajstić information content (AvgIpc) is 2.81. The van der Waals surface area contributed by atoms with E-state index >= 15 is 0 Å². The van der Waals surface area contributed by atoms with E-state index in [9.17, 15) is 18.8 Å². The molecule has 2 aliphatic rings. The second kappa shape index (κ2) is 9.80. The Kier molecular flexibility index (Phi) is 6.82. The first-order valence-corrected chi connectivity index (χ1v) is 11.6. The van der Waals surface area contributed by atoms with E-state index in [4.69, 9.17) is 5.26 Å². The largest absolute Gasteiger partial charge is 0.342 e. The lowest BCUT2D eigenvalue weighted by atomic mass is 9.69. The van der Waals surface area contributed by atoms with Gasteiger partial charge in [-0.3, -0.25) is 14.4 Å². The number of likely N-dealkylation sites (tertiary alicyclic amines) is 1. The summed E-state index contributed by atoms with van der Waals surface area (Å²) in [6, 6.07) is 5.58. The summed E-state index contributed by atoms with van der Waals surface area (Å²) in [5.74, 6) is -0.935. The third-order valence-corrected chi connectivity index (χ3v) is 7.12. The maximum atomic E-state index is 13.2. The minimum Gasteiger partial charge on any atom is -0.342 e. The molecule has 0 bridgehead atoms. The monoisotopic (exact) mass is 462 g/mol. The molecule has 7 nitrogen and oxygen atoms in total. The number of rotatable bonds is 4. The first-order valence-electron chi connectivity index (χ1n) is 11.6. The molecule has 0 spiro atoms. The predicted octanol–water partition coefficient (Wildman–Crippen LogP) is 3.68. The van der Waals surface area contributed by atoms with Crippen LogP contribution in [0.2, 0.25) is 0 Å². The zero-order valence-electron chi connectivity index (χ0n) is 19.4. The first kappa shape index (κ1) is 23.7. The number of aryl methyl sites for hydroxylation is 2. The normalized spacial score (nSPS) is 21.4. The van der Waals surface area contributed by atoms with E-state index in [0.717, 1.165) is 41.9 Å². The number of nitriles is 1. The minimum atomic E-state index is -0.767. The molecule has 1 saturated heterocycles. The second-order valence-electron chi connectivity index (χ2n) is 9.34. The van der Waals surface area contributed by atoms with Gasteiger partial charge in [-0.05, 0) is 67.3 Å². The number of amides is 1. The number of halogens is 1. The lowest BCUT2D eigenvalue weighted by molar-refractivity contribution is -0.137. The molecular formula is C26H27FN4O3. The Balaban J connectivity index is 1.48. The van der Waals surface area contributed by atoms with Crippen molar-refractivity contribution in [1.82, 2.24) is 14.9 Å². The van der Waals surface area contributed by atoms with Crippen molar-refractivity contribution < 1.29 is 18.8 Å². The maximum absolute atomic E-state index is 13.2. The quantitative estimate of drug-likeness (QED) is 0.642. The van der Waals surface area contributed by atoms with Gasteiger partial charge in [0.05, 0.1) is 18.5 Å². The molecule has 2 fully saturated rings. The van der Waals surface area contributed by atoms with Gasteiger partial charge in [-0.25, -0.2) is 14.4 Å². The molecule has 2 heterocycles. The Morgan fingerprint density at radius 1 is 1.06 bits per heavy atom. The van der Waals surface area contributed by atoms with Gasteiger partial charge in [-0.1, -0.05) is 0 Å². The van der Waals surface area contributed by atoms with Crippen molar-refractivity contribution in [3.05, 3.63) is 47.0 Å². The molecule has 4 rings (SSSR count). The fourth-order valence-electron chi connectivity index (χ4n) is 5.48. The highest BCUT2D eigenvalue weighted by Crippen LogP contribution is 2.40. The predicted molar refractivity (Wildman–Crippen MR) is 122 cm³/mol. The van der Waals surface area contributed by atoms with Gasteiger partial charge in [0, 0.05) is 31.5 Å².